The lowest BCUT2D eigenvalue weighted by atomic mass is 10.2. The summed E-state index contributed by atoms with van der Waals surface area (Å²) in [6.45, 7) is 2.05. The zero-order valence-electron chi connectivity index (χ0n) is 10.3. The summed E-state index contributed by atoms with van der Waals surface area (Å²) in [7, 11) is 0. The van der Waals surface area contributed by atoms with E-state index in [1.165, 1.54) is 5.56 Å². The molecule has 0 spiro atoms. The van der Waals surface area contributed by atoms with Crippen LogP contribution in [0.3, 0.4) is 0 Å². The Morgan fingerprint density at radius 3 is 2.67 bits per heavy atom. The van der Waals surface area contributed by atoms with Crippen LogP contribution in [0.5, 0.6) is 0 Å². The summed E-state index contributed by atoms with van der Waals surface area (Å²) in [5, 5.41) is 11.0. The third-order valence-electron chi connectivity index (χ3n) is 2.57. The quantitative estimate of drug-likeness (QED) is 0.452. The molecule has 2 rings (SSSR count). The Bertz CT molecular complexity index is 575. The number of nitrogens with two attached hydrogens (primary N) is 1. The lowest BCUT2D eigenvalue weighted by Gasteiger charge is -2.09. The van der Waals surface area contributed by atoms with Crippen molar-refractivity contribution in [3.63, 3.8) is 0 Å². The summed E-state index contributed by atoms with van der Waals surface area (Å²) in [5.41, 5.74) is 8.74. The van der Waals surface area contributed by atoms with Gasteiger partial charge in [0.1, 0.15) is 5.84 Å². The van der Waals surface area contributed by atoms with Gasteiger partial charge in [-0.25, -0.2) is 0 Å². The van der Waals surface area contributed by atoms with Crippen molar-refractivity contribution in [2.45, 2.75) is 11.1 Å². The summed E-state index contributed by atoms with van der Waals surface area (Å²) < 4.78 is 1.15. The van der Waals surface area contributed by atoms with E-state index in [0.717, 1.165) is 20.5 Å². The molecular formula is C13H15N3S2. The fourth-order valence-corrected chi connectivity index (χ4v) is 3.15. The number of nitrogen functional groups attached to an aromatic ring is 1. The molecule has 0 aliphatic rings. The van der Waals surface area contributed by atoms with Crippen LogP contribution in [0, 0.1) is 12.3 Å². The summed E-state index contributed by atoms with van der Waals surface area (Å²) in [5.74, 6) is 0.108. The van der Waals surface area contributed by atoms with Crippen LogP contribution in [-0.2, 0) is 0 Å². The van der Waals surface area contributed by atoms with E-state index in [1.54, 1.807) is 23.1 Å². The van der Waals surface area contributed by atoms with Gasteiger partial charge in [-0.05, 0) is 30.9 Å². The van der Waals surface area contributed by atoms with Gasteiger partial charge in [-0.15, -0.1) is 23.1 Å². The van der Waals surface area contributed by atoms with E-state index in [2.05, 4.69) is 18.3 Å². The largest absolute Gasteiger partial charge is 0.383 e. The molecule has 94 valence electrons. The molecule has 0 unspecified atom stereocenters. The van der Waals surface area contributed by atoms with E-state index < -0.39 is 0 Å². The van der Waals surface area contributed by atoms with Crippen molar-refractivity contribution in [3.8, 4) is 0 Å². The van der Waals surface area contributed by atoms with Crippen molar-refractivity contribution in [1.29, 1.82) is 5.41 Å². The number of aryl methyl sites for hydroxylation is 1. The van der Waals surface area contributed by atoms with Gasteiger partial charge in [0.2, 0.25) is 0 Å². The number of benzene rings is 1. The first-order chi connectivity index (χ1) is 8.61. The molecule has 0 saturated carbocycles. The molecule has 4 N–H and O–H groups in total. The Hall–Kier alpha value is -1.46. The number of anilines is 2. The summed E-state index contributed by atoms with van der Waals surface area (Å²) in [6, 6.07) is 10.1. The van der Waals surface area contributed by atoms with Crippen molar-refractivity contribution in [2.75, 3.05) is 11.6 Å². The van der Waals surface area contributed by atoms with Crippen LogP contribution in [0.1, 0.15) is 10.4 Å². The molecule has 0 amide bonds. The highest BCUT2D eigenvalue weighted by molar-refractivity contribution is 8.00. The molecule has 0 bridgehead atoms. The zero-order chi connectivity index (χ0) is 13.1. The van der Waals surface area contributed by atoms with Gasteiger partial charge in [0.15, 0.2) is 0 Å². The molecule has 1 aromatic heterocycles. The van der Waals surface area contributed by atoms with Crippen LogP contribution < -0.4 is 11.1 Å². The first-order valence-corrected chi connectivity index (χ1v) is 7.51. The van der Waals surface area contributed by atoms with E-state index in [9.17, 15) is 0 Å². The number of nitrogens with one attached hydrogen (secondary N) is 2. The summed E-state index contributed by atoms with van der Waals surface area (Å²) in [6.07, 6.45) is 2.02. The van der Waals surface area contributed by atoms with Gasteiger partial charge in [-0.2, -0.15) is 0 Å². The first-order valence-electron chi connectivity index (χ1n) is 5.46. The van der Waals surface area contributed by atoms with Gasteiger partial charge < -0.3 is 11.1 Å². The summed E-state index contributed by atoms with van der Waals surface area (Å²) in [4.78, 5) is 0.794. The van der Waals surface area contributed by atoms with Gasteiger partial charge in [-0.3, -0.25) is 5.41 Å². The number of thioether (sulfide) groups is 1. The predicted octanol–water partition coefficient (Wildman–Crippen LogP) is 3.81. The van der Waals surface area contributed by atoms with Crippen LogP contribution >= 0.6 is 23.1 Å². The number of thiophene rings is 1. The lowest BCUT2D eigenvalue weighted by Crippen LogP contribution is -2.10. The van der Waals surface area contributed by atoms with Crippen molar-refractivity contribution >= 4 is 40.3 Å². The van der Waals surface area contributed by atoms with E-state index in [4.69, 9.17) is 11.1 Å². The molecule has 5 heteroatoms. The van der Waals surface area contributed by atoms with Crippen molar-refractivity contribution in [1.82, 2.24) is 0 Å². The molecule has 0 atom stereocenters. The maximum Gasteiger partial charge on any atom is 0.135 e. The summed E-state index contributed by atoms with van der Waals surface area (Å²) >= 11 is 3.21. The van der Waals surface area contributed by atoms with Gasteiger partial charge in [0.05, 0.1) is 14.8 Å². The minimum absolute atomic E-state index is 0.108. The molecule has 0 fully saturated rings. The third kappa shape index (κ3) is 2.68. The zero-order valence-corrected chi connectivity index (χ0v) is 11.9. The highest BCUT2D eigenvalue weighted by atomic mass is 32.2. The Morgan fingerprint density at radius 2 is 2.06 bits per heavy atom. The molecule has 18 heavy (non-hydrogen) atoms. The van der Waals surface area contributed by atoms with E-state index in [-0.39, 0.29) is 5.84 Å². The number of para-hydroxylation sites is 1. The molecule has 2 aromatic rings. The maximum atomic E-state index is 7.62. The highest BCUT2D eigenvalue weighted by Crippen LogP contribution is 2.34. The minimum atomic E-state index is 0.108. The normalized spacial score (nSPS) is 10.3. The minimum Gasteiger partial charge on any atom is -0.383 e. The smallest absolute Gasteiger partial charge is 0.135 e. The van der Waals surface area contributed by atoms with Crippen LogP contribution in [0.4, 0.5) is 11.4 Å². The highest BCUT2D eigenvalue weighted by Gasteiger charge is 2.12. The van der Waals surface area contributed by atoms with E-state index in [0.29, 0.717) is 0 Å². The Labute approximate surface area is 115 Å². The SMILES string of the molecule is CSc1cc(Nc2ccccc2C)c(C(=N)N)s1. The average Bonchev–Trinajstić information content (AvgIpc) is 2.75. The van der Waals surface area contributed by atoms with Gasteiger partial charge in [0.25, 0.3) is 0 Å². The van der Waals surface area contributed by atoms with E-state index in [1.807, 2.05) is 30.5 Å². The lowest BCUT2D eigenvalue weighted by molar-refractivity contribution is 1.42. The van der Waals surface area contributed by atoms with Crippen LogP contribution in [0.25, 0.3) is 0 Å². The molecule has 0 radical (unpaired) electrons. The molecule has 0 aliphatic heterocycles. The molecular weight excluding hydrogens is 262 g/mol. The number of hydrogen-bond acceptors (Lipinski definition) is 4. The van der Waals surface area contributed by atoms with Crippen LogP contribution in [0.2, 0.25) is 0 Å². The molecule has 0 saturated heterocycles. The fourth-order valence-electron chi connectivity index (χ4n) is 1.62. The molecule has 1 aromatic carbocycles. The number of amidine groups is 1. The fraction of sp³-hybridized carbons (Fsp3) is 0.154. The second-order valence-electron chi connectivity index (χ2n) is 3.87. The second kappa shape index (κ2) is 5.46. The van der Waals surface area contributed by atoms with Crippen molar-refractivity contribution < 1.29 is 0 Å². The molecule has 0 aliphatic carbocycles. The average molecular weight is 277 g/mol. The molecule has 3 nitrogen and oxygen atoms in total. The van der Waals surface area contributed by atoms with Crippen LogP contribution in [0.15, 0.2) is 34.5 Å². The third-order valence-corrected chi connectivity index (χ3v) is 4.80. The number of hydrogen-bond donors (Lipinski definition) is 3. The van der Waals surface area contributed by atoms with Crippen molar-refractivity contribution in [3.05, 3.63) is 40.8 Å². The van der Waals surface area contributed by atoms with Crippen LogP contribution in [-0.4, -0.2) is 12.1 Å². The van der Waals surface area contributed by atoms with Gasteiger partial charge in [-0.1, -0.05) is 18.2 Å². The van der Waals surface area contributed by atoms with Crippen molar-refractivity contribution in [2.24, 2.45) is 5.73 Å². The Morgan fingerprint density at radius 1 is 1.33 bits per heavy atom. The topological polar surface area (TPSA) is 61.9 Å². The molecule has 1 heterocycles. The van der Waals surface area contributed by atoms with E-state index >= 15 is 0 Å². The van der Waals surface area contributed by atoms with Gasteiger partial charge >= 0.3 is 0 Å². The standard InChI is InChI=1S/C13H15N3S2/c1-8-5-3-4-6-9(8)16-10-7-11(17-2)18-12(10)13(14)15/h3-7,16H,1-2H3,(H3,14,15). The first kappa shape index (κ1) is 13.0. The maximum absolute atomic E-state index is 7.62. The second-order valence-corrected chi connectivity index (χ2v) is 6.02. The Balaban J connectivity index is 2.36. The number of rotatable bonds is 4. The predicted molar refractivity (Wildman–Crippen MR) is 81.6 cm³/mol. The monoisotopic (exact) mass is 277 g/mol. The Kier molecular flexibility index (Phi) is 3.93. The van der Waals surface area contributed by atoms with Gasteiger partial charge in [0, 0.05) is 5.69 Å².